The van der Waals surface area contributed by atoms with Gasteiger partial charge in [0.15, 0.2) is 5.75 Å². The van der Waals surface area contributed by atoms with Crippen molar-refractivity contribution in [1.29, 1.82) is 5.41 Å². The molecule has 20 heavy (non-hydrogen) atoms. The van der Waals surface area contributed by atoms with E-state index in [1.807, 2.05) is 24.3 Å². The fourth-order valence-corrected chi connectivity index (χ4v) is 1.98. The largest absolute Gasteiger partial charge is 0.455 e. The van der Waals surface area contributed by atoms with Gasteiger partial charge in [-0.15, -0.1) is 0 Å². The van der Waals surface area contributed by atoms with E-state index in [2.05, 4.69) is 25.8 Å². The van der Waals surface area contributed by atoms with Gasteiger partial charge in [-0.1, -0.05) is 39.0 Å². The molecule has 0 fully saturated rings. The topological polar surface area (TPSA) is 72.0 Å². The molecule has 0 saturated carbocycles. The zero-order chi connectivity index (χ0) is 14.8. The third-order valence-corrected chi connectivity index (χ3v) is 2.99. The lowest BCUT2D eigenvalue weighted by Gasteiger charge is -2.22. The highest BCUT2D eigenvalue weighted by Gasteiger charge is 2.19. The molecule has 0 unspecified atom stereocenters. The van der Waals surface area contributed by atoms with Crippen molar-refractivity contribution in [1.82, 2.24) is 4.98 Å². The Morgan fingerprint density at radius 3 is 2.50 bits per heavy atom. The predicted octanol–water partition coefficient (Wildman–Crippen LogP) is 3.46. The van der Waals surface area contributed by atoms with Gasteiger partial charge >= 0.3 is 0 Å². The van der Waals surface area contributed by atoms with Crippen LogP contribution in [0.5, 0.6) is 11.5 Å². The first-order chi connectivity index (χ1) is 9.39. The van der Waals surface area contributed by atoms with E-state index in [1.165, 1.54) is 0 Å². The number of amidine groups is 1. The normalized spacial score (nSPS) is 11.2. The Morgan fingerprint density at radius 2 is 1.85 bits per heavy atom. The highest BCUT2D eigenvalue weighted by atomic mass is 16.5. The number of hydrogen-bond donors (Lipinski definition) is 2. The lowest BCUT2D eigenvalue weighted by Crippen LogP contribution is -2.14. The summed E-state index contributed by atoms with van der Waals surface area (Å²) in [4.78, 5) is 4.04. The minimum Gasteiger partial charge on any atom is -0.455 e. The zero-order valence-electron chi connectivity index (χ0n) is 12.0. The number of pyridine rings is 1. The highest BCUT2D eigenvalue weighted by molar-refractivity contribution is 5.97. The lowest BCUT2D eigenvalue weighted by molar-refractivity contribution is 0.452. The summed E-state index contributed by atoms with van der Waals surface area (Å²) in [6, 6.07) is 9.55. The number of benzene rings is 1. The van der Waals surface area contributed by atoms with E-state index in [9.17, 15) is 0 Å². The van der Waals surface area contributed by atoms with Gasteiger partial charge in [-0.05, 0) is 17.5 Å². The van der Waals surface area contributed by atoms with Crippen LogP contribution in [0.25, 0.3) is 0 Å². The number of nitrogens with one attached hydrogen (secondary N) is 1. The quantitative estimate of drug-likeness (QED) is 0.662. The van der Waals surface area contributed by atoms with E-state index < -0.39 is 0 Å². The van der Waals surface area contributed by atoms with Gasteiger partial charge in [0.25, 0.3) is 0 Å². The van der Waals surface area contributed by atoms with E-state index in [1.54, 1.807) is 18.5 Å². The number of rotatable bonds is 3. The minimum absolute atomic E-state index is 0.0318. The summed E-state index contributed by atoms with van der Waals surface area (Å²) in [7, 11) is 0. The molecular weight excluding hydrogens is 250 g/mol. The van der Waals surface area contributed by atoms with Gasteiger partial charge in [0, 0.05) is 11.8 Å². The average molecular weight is 269 g/mol. The molecule has 0 aliphatic carbocycles. The van der Waals surface area contributed by atoms with Crippen molar-refractivity contribution in [2.45, 2.75) is 26.2 Å². The lowest BCUT2D eigenvalue weighted by atomic mass is 9.86. The van der Waals surface area contributed by atoms with Crippen LogP contribution >= 0.6 is 0 Å². The maximum atomic E-state index is 7.59. The summed E-state index contributed by atoms with van der Waals surface area (Å²) in [5, 5.41) is 7.59. The number of hydrogen-bond acceptors (Lipinski definition) is 3. The second-order valence-corrected chi connectivity index (χ2v) is 5.63. The summed E-state index contributed by atoms with van der Waals surface area (Å²) < 4.78 is 5.95. The molecule has 0 aliphatic rings. The molecule has 0 amide bonds. The molecule has 2 rings (SSSR count). The number of nitrogens with zero attached hydrogens (tertiary/aromatic N) is 1. The summed E-state index contributed by atoms with van der Waals surface area (Å²) in [5.74, 6) is 1.22. The third kappa shape index (κ3) is 2.96. The average Bonchev–Trinajstić information content (AvgIpc) is 2.38. The van der Waals surface area contributed by atoms with Crippen LogP contribution in [-0.4, -0.2) is 10.8 Å². The van der Waals surface area contributed by atoms with E-state index in [0.29, 0.717) is 11.3 Å². The Hall–Kier alpha value is -2.36. The maximum absolute atomic E-state index is 7.59. The summed E-state index contributed by atoms with van der Waals surface area (Å²) in [6.45, 7) is 6.39. The first kappa shape index (κ1) is 14.1. The minimum atomic E-state index is -0.0326. The molecule has 0 bridgehead atoms. The fraction of sp³-hybridized carbons (Fsp3) is 0.250. The second-order valence-electron chi connectivity index (χ2n) is 5.63. The van der Waals surface area contributed by atoms with E-state index in [-0.39, 0.29) is 11.3 Å². The monoisotopic (exact) mass is 269 g/mol. The van der Waals surface area contributed by atoms with Gasteiger partial charge in [0.05, 0.1) is 11.8 Å². The van der Waals surface area contributed by atoms with Crippen molar-refractivity contribution in [3.05, 3.63) is 53.9 Å². The van der Waals surface area contributed by atoms with Crippen molar-refractivity contribution in [3.63, 3.8) is 0 Å². The first-order valence-corrected chi connectivity index (χ1v) is 6.45. The van der Waals surface area contributed by atoms with Crippen molar-refractivity contribution in [3.8, 4) is 11.5 Å². The van der Waals surface area contributed by atoms with Crippen molar-refractivity contribution in [2.24, 2.45) is 5.73 Å². The Labute approximate surface area is 119 Å². The molecule has 2 aromatic rings. The smallest absolute Gasteiger partial charge is 0.156 e. The van der Waals surface area contributed by atoms with Crippen LogP contribution in [0.2, 0.25) is 0 Å². The fourth-order valence-electron chi connectivity index (χ4n) is 1.98. The van der Waals surface area contributed by atoms with Crippen LogP contribution < -0.4 is 10.5 Å². The molecule has 0 saturated heterocycles. The van der Waals surface area contributed by atoms with Gasteiger partial charge in [-0.2, -0.15) is 0 Å². The summed E-state index contributed by atoms with van der Waals surface area (Å²) in [6.07, 6.45) is 3.18. The number of nitrogens with two attached hydrogens (primary N) is 1. The van der Waals surface area contributed by atoms with Crippen LogP contribution in [0.4, 0.5) is 0 Å². The van der Waals surface area contributed by atoms with Gasteiger partial charge in [0.1, 0.15) is 11.6 Å². The number of nitrogen functional groups attached to an aromatic ring is 1. The number of aromatic nitrogens is 1. The summed E-state index contributed by atoms with van der Waals surface area (Å²) >= 11 is 0. The van der Waals surface area contributed by atoms with E-state index >= 15 is 0 Å². The molecule has 3 N–H and O–H groups in total. The molecule has 0 aliphatic heterocycles. The van der Waals surface area contributed by atoms with Gasteiger partial charge in [-0.3, -0.25) is 10.4 Å². The van der Waals surface area contributed by atoms with Crippen LogP contribution in [-0.2, 0) is 5.41 Å². The molecule has 1 aromatic heterocycles. The van der Waals surface area contributed by atoms with Crippen molar-refractivity contribution >= 4 is 5.84 Å². The first-order valence-electron chi connectivity index (χ1n) is 6.45. The van der Waals surface area contributed by atoms with Crippen molar-refractivity contribution < 1.29 is 4.74 Å². The number of para-hydroxylation sites is 1. The van der Waals surface area contributed by atoms with Crippen LogP contribution in [0.1, 0.15) is 31.9 Å². The van der Waals surface area contributed by atoms with Crippen LogP contribution in [0.3, 0.4) is 0 Å². The predicted molar refractivity (Wildman–Crippen MR) is 80.5 cm³/mol. The molecule has 1 aromatic carbocycles. The van der Waals surface area contributed by atoms with Crippen LogP contribution in [0, 0.1) is 5.41 Å². The van der Waals surface area contributed by atoms with Crippen molar-refractivity contribution in [2.75, 3.05) is 0 Å². The molecule has 4 heteroatoms. The Bertz CT molecular complexity index is 630. The molecule has 0 atom stereocenters. The highest BCUT2D eigenvalue weighted by Crippen LogP contribution is 2.34. The molecule has 1 heterocycles. The number of ether oxygens (including phenoxy) is 1. The van der Waals surface area contributed by atoms with Gasteiger partial charge in [0.2, 0.25) is 0 Å². The zero-order valence-corrected chi connectivity index (χ0v) is 12.0. The van der Waals surface area contributed by atoms with Gasteiger partial charge < -0.3 is 10.5 Å². The third-order valence-electron chi connectivity index (χ3n) is 2.99. The second kappa shape index (κ2) is 5.33. The molecule has 104 valence electrons. The van der Waals surface area contributed by atoms with Crippen LogP contribution in [0.15, 0.2) is 42.7 Å². The molecule has 0 spiro atoms. The Morgan fingerprint density at radius 1 is 1.15 bits per heavy atom. The maximum Gasteiger partial charge on any atom is 0.156 e. The molecule has 0 radical (unpaired) electrons. The van der Waals surface area contributed by atoms with E-state index in [4.69, 9.17) is 15.9 Å². The standard InChI is InChI=1S/C16H19N3O/c1-16(2,3)12-6-4-5-7-13(12)20-14-10-19-9-8-11(14)15(17)18/h4-10H,1-3H3,(H3,17,18). The van der Waals surface area contributed by atoms with E-state index in [0.717, 1.165) is 11.3 Å². The molecular formula is C16H19N3O. The summed E-state index contributed by atoms with van der Waals surface area (Å²) in [5.41, 5.74) is 7.18. The Kier molecular flexibility index (Phi) is 3.74. The molecule has 4 nitrogen and oxygen atoms in total. The SMILES string of the molecule is CC(C)(C)c1ccccc1Oc1cnccc1C(=N)N. The van der Waals surface area contributed by atoms with Gasteiger partial charge in [-0.25, -0.2) is 0 Å². The Balaban J connectivity index is 2.44.